The van der Waals surface area contributed by atoms with Crippen molar-refractivity contribution in [1.82, 2.24) is 5.32 Å². The lowest BCUT2D eigenvalue weighted by atomic mass is 10.0. The Morgan fingerprint density at radius 2 is 2.44 bits per heavy atom. The molecule has 0 spiro atoms. The monoisotopic (exact) mass is 220 g/mol. The molecule has 16 heavy (non-hydrogen) atoms. The Balaban J connectivity index is 1.82. The molecule has 3 heteroatoms. The number of anilines is 1. The van der Waals surface area contributed by atoms with E-state index < -0.39 is 0 Å². The van der Waals surface area contributed by atoms with Crippen molar-refractivity contribution in [2.24, 2.45) is 5.92 Å². The van der Waals surface area contributed by atoms with Crippen molar-refractivity contribution in [2.75, 3.05) is 18.9 Å². The van der Waals surface area contributed by atoms with Crippen LogP contribution in [0.25, 0.3) is 0 Å². The summed E-state index contributed by atoms with van der Waals surface area (Å²) in [6.45, 7) is 4.91. The van der Waals surface area contributed by atoms with E-state index in [2.05, 4.69) is 18.3 Å². The van der Waals surface area contributed by atoms with Gasteiger partial charge >= 0.3 is 0 Å². The van der Waals surface area contributed by atoms with E-state index in [1.165, 1.54) is 12.0 Å². The highest BCUT2D eigenvalue weighted by Gasteiger charge is 2.21. The molecular weight excluding hydrogens is 200 g/mol. The van der Waals surface area contributed by atoms with Crippen molar-refractivity contribution in [2.45, 2.75) is 25.9 Å². The normalized spacial score (nSPS) is 22.2. The molecule has 1 aliphatic rings. The van der Waals surface area contributed by atoms with Crippen LogP contribution in [0.1, 0.15) is 18.9 Å². The number of hydrogen-bond acceptors (Lipinski definition) is 3. The fourth-order valence-corrected chi connectivity index (χ4v) is 2.10. The van der Waals surface area contributed by atoms with Crippen LogP contribution in [0.15, 0.2) is 24.3 Å². The Labute approximate surface area is 97.0 Å². The predicted octanol–water partition coefficient (Wildman–Crippen LogP) is 1.78. The zero-order chi connectivity index (χ0) is 11.4. The molecule has 1 aromatic carbocycles. The summed E-state index contributed by atoms with van der Waals surface area (Å²) in [7, 11) is 0. The smallest absolute Gasteiger partial charge is 0.0509 e. The van der Waals surface area contributed by atoms with E-state index >= 15 is 0 Å². The molecule has 0 aromatic heterocycles. The van der Waals surface area contributed by atoms with Crippen molar-refractivity contribution < 1.29 is 4.74 Å². The standard InChI is InChI=1S/C13H20N2O/c1-10(12-5-6-16-9-12)15-8-11-3-2-4-13(14)7-11/h2-4,7,10,12,15H,5-6,8-9,14H2,1H3. The average Bonchev–Trinajstić information content (AvgIpc) is 2.79. The third kappa shape index (κ3) is 2.97. The van der Waals surface area contributed by atoms with Crippen LogP contribution in [0.4, 0.5) is 5.69 Å². The van der Waals surface area contributed by atoms with Crippen LogP contribution in [-0.4, -0.2) is 19.3 Å². The van der Waals surface area contributed by atoms with Crippen LogP contribution in [0.2, 0.25) is 0 Å². The Morgan fingerprint density at radius 3 is 3.12 bits per heavy atom. The molecule has 1 heterocycles. The fraction of sp³-hybridized carbons (Fsp3) is 0.538. The average molecular weight is 220 g/mol. The number of hydrogen-bond donors (Lipinski definition) is 2. The molecular formula is C13H20N2O. The Kier molecular flexibility index (Phi) is 3.80. The second-order valence-corrected chi connectivity index (χ2v) is 4.54. The Bertz CT molecular complexity index is 334. The lowest BCUT2D eigenvalue weighted by Crippen LogP contribution is -2.33. The van der Waals surface area contributed by atoms with Crippen molar-refractivity contribution in [3.8, 4) is 0 Å². The van der Waals surface area contributed by atoms with Crippen LogP contribution >= 0.6 is 0 Å². The highest BCUT2D eigenvalue weighted by atomic mass is 16.5. The number of nitrogens with two attached hydrogens (primary N) is 1. The summed E-state index contributed by atoms with van der Waals surface area (Å²) in [4.78, 5) is 0. The Hall–Kier alpha value is -1.06. The van der Waals surface area contributed by atoms with Crippen LogP contribution < -0.4 is 11.1 Å². The van der Waals surface area contributed by atoms with E-state index in [0.29, 0.717) is 12.0 Å². The highest BCUT2D eigenvalue weighted by molar-refractivity contribution is 5.40. The third-order valence-electron chi connectivity index (χ3n) is 3.25. The van der Waals surface area contributed by atoms with Crippen molar-refractivity contribution in [1.29, 1.82) is 0 Å². The van der Waals surface area contributed by atoms with Gasteiger partial charge in [-0.15, -0.1) is 0 Å². The first-order valence-electron chi connectivity index (χ1n) is 5.91. The van der Waals surface area contributed by atoms with Crippen molar-refractivity contribution >= 4 is 5.69 Å². The molecule has 2 rings (SSSR count). The SMILES string of the molecule is CC(NCc1cccc(N)c1)C1CCOC1. The quantitative estimate of drug-likeness (QED) is 0.760. The van der Waals surface area contributed by atoms with Crippen LogP contribution in [0.3, 0.4) is 0 Å². The van der Waals surface area contributed by atoms with Gasteiger partial charge in [0.25, 0.3) is 0 Å². The molecule has 1 fully saturated rings. The van der Waals surface area contributed by atoms with E-state index in [1.54, 1.807) is 0 Å². The van der Waals surface area contributed by atoms with Gasteiger partial charge in [-0.1, -0.05) is 12.1 Å². The molecule has 0 radical (unpaired) electrons. The van der Waals surface area contributed by atoms with Gasteiger partial charge < -0.3 is 15.8 Å². The molecule has 88 valence electrons. The number of ether oxygens (including phenoxy) is 1. The molecule has 3 nitrogen and oxygen atoms in total. The van der Waals surface area contributed by atoms with Gasteiger partial charge in [0, 0.05) is 24.9 Å². The zero-order valence-electron chi connectivity index (χ0n) is 9.78. The first-order chi connectivity index (χ1) is 7.75. The largest absolute Gasteiger partial charge is 0.399 e. The molecule has 2 unspecified atom stereocenters. The molecule has 1 aromatic rings. The predicted molar refractivity (Wildman–Crippen MR) is 66.1 cm³/mol. The van der Waals surface area contributed by atoms with Gasteiger partial charge in [0.15, 0.2) is 0 Å². The van der Waals surface area contributed by atoms with Gasteiger partial charge in [-0.25, -0.2) is 0 Å². The third-order valence-corrected chi connectivity index (χ3v) is 3.25. The number of benzene rings is 1. The van der Waals surface area contributed by atoms with Gasteiger partial charge in [0.2, 0.25) is 0 Å². The maximum Gasteiger partial charge on any atom is 0.0509 e. The summed E-state index contributed by atoms with van der Waals surface area (Å²) >= 11 is 0. The number of nitrogens with one attached hydrogen (secondary N) is 1. The van der Waals surface area contributed by atoms with E-state index in [0.717, 1.165) is 25.4 Å². The topological polar surface area (TPSA) is 47.3 Å². The van der Waals surface area contributed by atoms with Crippen molar-refractivity contribution in [3.05, 3.63) is 29.8 Å². The first-order valence-corrected chi connectivity index (χ1v) is 5.91. The molecule has 1 aliphatic heterocycles. The summed E-state index contributed by atoms with van der Waals surface area (Å²) in [6, 6.07) is 8.53. The van der Waals surface area contributed by atoms with E-state index in [-0.39, 0.29) is 0 Å². The van der Waals surface area contributed by atoms with E-state index in [1.807, 2.05) is 18.2 Å². The molecule has 3 N–H and O–H groups in total. The highest BCUT2D eigenvalue weighted by Crippen LogP contribution is 2.17. The molecule has 1 saturated heterocycles. The van der Waals surface area contributed by atoms with Crippen LogP contribution in [0, 0.1) is 5.92 Å². The second-order valence-electron chi connectivity index (χ2n) is 4.54. The lowest BCUT2D eigenvalue weighted by molar-refractivity contribution is 0.178. The minimum Gasteiger partial charge on any atom is -0.399 e. The summed E-state index contributed by atoms with van der Waals surface area (Å²) in [6.07, 6.45) is 1.17. The molecule has 0 amide bonds. The minimum absolute atomic E-state index is 0.504. The summed E-state index contributed by atoms with van der Waals surface area (Å²) in [5, 5.41) is 3.53. The Morgan fingerprint density at radius 1 is 1.56 bits per heavy atom. The zero-order valence-corrected chi connectivity index (χ0v) is 9.78. The van der Waals surface area contributed by atoms with Gasteiger partial charge in [0.1, 0.15) is 0 Å². The molecule has 0 aliphatic carbocycles. The molecule has 0 saturated carbocycles. The summed E-state index contributed by atoms with van der Waals surface area (Å²) < 4.78 is 5.39. The van der Waals surface area contributed by atoms with Gasteiger partial charge in [0.05, 0.1) is 6.61 Å². The molecule has 2 atom stereocenters. The van der Waals surface area contributed by atoms with Crippen LogP contribution in [-0.2, 0) is 11.3 Å². The minimum atomic E-state index is 0.504. The lowest BCUT2D eigenvalue weighted by Gasteiger charge is -2.19. The van der Waals surface area contributed by atoms with Gasteiger partial charge in [-0.05, 0) is 37.0 Å². The maximum atomic E-state index is 5.74. The number of rotatable bonds is 4. The van der Waals surface area contributed by atoms with Gasteiger partial charge in [-0.2, -0.15) is 0 Å². The van der Waals surface area contributed by atoms with Crippen LogP contribution in [0.5, 0.6) is 0 Å². The second kappa shape index (κ2) is 5.32. The fourth-order valence-electron chi connectivity index (χ4n) is 2.10. The van der Waals surface area contributed by atoms with E-state index in [9.17, 15) is 0 Å². The maximum absolute atomic E-state index is 5.74. The van der Waals surface area contributed by atoms with Crippen molar-refractivity contribution in [3.63, 3.8) is 0 Å². The summed E-state index contributed by atoms with van der Waals surface area (Å²) in [5.41, 5.74) is 7.81. The summed E-state index contributed by atoms with van der Waals surface area (Å²) in [5.74, 6) is 0.654. The first kappa shape index (κ1) is 11.4. The van der Waals surface area contributed by atoms with E-state index in [4.69, 9.17) is 10.5 Å². The molecule has 0 bridgehead atoms. The van der Waals surface area contributed by atoms with Gasteiger partial charge in [-0.3, -0.25) is 0 Å². The number of nitrogen functional groups attached to an aromatic ring is 1.